The predicted octanol–water partition coefficient (Wildman–Crippen LogP) is 3.63. The normalized spacial score (nSPS) is 19.4. The number of benzene rings is 1. The number of aryl methyl sites for hydroxylation is 2. The zero-order valence-electron chi connectivity index (χ0n) is 12.1. The maximum Gasteiger partial charge on any atom is 0.0454 e. The van der Waals surface area contributed by atoms with Crippen molar-refractivity contribution >= 4 is 0 Å². The smallest absolute Gasteiger partial charge is 0.0454 e. The molecule has 0 saturated carbocycles. The van der Waals surface area contributed by atoms with E-state index < -0.39 is 0 Å². The fourth-order valence-electron chi connectivity index (χ4n) is 3.17. The van der Waals surface area contributed by atoms with Gasteiger partial charge in [-0.05, 0) is 56.5 Å². The van der Waals surface area contributed by atoms with Gasteiger partial charge < -0.3 is 0 Å². The quantitative estimate of drug-likeness (QED) is 0.840. The van der Waals surface area contributed by atoms with Crippen LogP contribution in [0.25, 0.3) is 0 Å². The van der Waals surface area contributed by atoms with Crippen LogP contribution in [-0.2, 0) is 12.8 Å². The Bertz CT molecular complexity index is 550. The van der Waals surface area contributed by atoms with E-state index in [0.717, 1.165) is 12.8 Å². The molecule has 1 fully saturated rings. The molecule has 0 bridgehead atoms. The van der Waals surface area contributed by atoms with E-state index in [2.05, 4.69) is 59.4 Å². The van der Waals surface area contributed by atoms with Crippen LogP contribution >= 0.6 is 0 Å². The van der Waals surface area contributed by atoms with Crippen molar-refractivity contribution in [3.05, 3.63) is 65.5 Å². The first-order chi connectivity index (χ1) is 9.84. The van der Waals surface area contributed by atoms with Crippen LogP contribution < -0.4 is 0 Å². The summed E-state index contributed by atoms with van der Waals surface area (Å²) in [6.45, 7) is 1.21. The van der Waals surface area contributed by atoms with Gasteiger partial charge >= 0.3 is 0 Å². The molecule has 0 radical (unpaired) electrons. The summed E-state index contributed by atoms with van der Waals surface area (Å²) in [7, 11) is 2.23. The number of nitrogens with zero attached hydrogens (tertiary/aromatic N) is 2. The molecule has 2 heteroatoms. The molecule has 0 spiro atoms. The van der Waals surface area contributed by atoms with Crippen molar-refractivity contribution in [3.63, 3.8) is 0 Å². The number of aromatic nitrogens is 1. The number of hydrogen-bond acceptors (Lipinski definition) is 2. The minimum atomic E-state index is 0.564. The molecule has 104 valence electrons. The van der Waals surface area contributed by atoms with Crippen molar-refractivity contribution in [2.45, 2.75) is 31.7 Å². The molecule has 1 aliphatic rings. The maximum absolute atomic E-state index is 4.65. The molecule has 2 heterocycles. The highest BCUT2D eigenvalue weighted by Crippen LogP contribution is 2.32. The molecule has 0 amide bonds. The SMILES string of the molecule is CN1CCCC1c1cccnc1CCc1ccccc1. The lowest BCUT2D eigenvalue weighted by Crippen LogP contribution is -2.19. The van der Waals surface area contributed by atoms with Gasteiger partial charge in [0, 0.05) is 17.9 Å². The van der Waals surface area contributed by atoms with E-state index >= 15 is 0 Å². The predicted molar refractivity (Wildman–Crippen MR) is 82.7 cm³/mol. The van der Waals surface area contributed by atoms with Crippen LogP contribution in [-0.4, -0.2) is 23.5 Å². The van der Waals surface area contributed by atoms with Crippen molar-refractivity contribution < 1.29 is 0 Å². The van der Waals surface area contributed by atoms with Crippen molar-refractivity contribution in [2.75, 3.05) is 13.6 Å². The Balaban J connectivity index is 1.76. The molecule has 20 heavy (non-hydrogen) atoms. The molecule has 1 atom stereocenters. The maximum atomic E-state index is 4.65. The molecule has 1 aromatic carbocycles. The monoisotopic (exact) mass is 266 g/mol. The van der Waals surface area contributed by atoms with Gasteiger partial charge in [-0.1, -0.05) is 36.4 Å². The van der Waals surface area contributed by atoms with Gasteiger partial charge in [0.15, 0.2) is 0 Å². The lowest BCUT2D eigenvalue weighted by molar-refractivity contribution is 0.315. The van der Waals surface area contributed by atoms with Crippen LogP contribution in [0.5, 0.6) is 0 Å². The van der Waals surface area contributed by atoms with Crippen molar-refractivity contribution in [2.24, 2.45) is 0 Å². The minimum absolute atomic E-state index is 0.564. The molecule has 2 nitrogen and oxygen atoms in total. The van der Waals surface area contributed by atoms with Crippen LogP contribution in [0.3, 0.4) is 0 Å². The molecule has 3 rings (SSSR count). The second-order valence-electron chi connectivity index (χ2n) is 5.66. The molecule has 0 N–H and O–H groups in total. The van der Waals surface area contributed by atoms with E-state index in [1.165, 1.54) is 36.2 Å². The average molecular weight is 266 g/mol. The third-order valence-corrected chi connectivity index (χ3v) is 4.30. The van der Waals surface area contributed by atoms with E-state index in [0.29, 0.717) is 6.04 Å². The Morgan fingerprint density at radius 2 is 1.95 bits per heavy atom. The summed E-state index contributed by atoms with van der Waals surface area (Å²) in [6.07, 6.45) is 6.60. The standard InChI is InChI=1S/C18H22N2/c1-20-14-6-10-18(20)16-9-5-13-19-17(16)12-11-15-7-3-2-4-8-15/h2-5,7-9,13,18H,6,10-12,14H2,1H3. The first kappa shape index (κ1) is 13.3. The summed E-state index contributed by atoms with van der Waals surface area (Å²) in [4.78, 5) is 7.11. The molecule has 1 unspecified atom stereocenters. The lowest BCUT2D eigenvalue weighted by Gasteiger charge is -2.22. The highest BCUT2D eigenvalue weighted by atomic mass is 15.1. The van der Waals surface area contributed by atoms with Crippen molar-refractivity contribution in [1.29, 1.82) is 0 Å². The Hall–Kier alpha value is -1.67. The summed E-state index contributed by atoms with van der Waals surface area (Å²) < 4.78 is 0. The molecular weight excluding hydrogens is 244 g/mol. The molecule has 0 aliphatic carbocycles. The van der Waals surface area contributed by atoms with E-state index in [1.54, 1.807) is 0 Å². The summed E-state index contributed by atoms with van der Waals surface area (Å²) >= 11 is 0. The zero-order chi connectivity index (χ0) is 13.8. The molecule has 1 saturated heterocycles. The van der Waals surface area contributed by atoms with Crippen LogP contribution in [0.4, 0.5) is 0 Å². The van der Waals surface area contributed by atoms with E-state index in [4.69, 9.17) is 0 Å². The van der Waals surface area contributed by atoms with Gasteiger partial charge in [-0.15, -0.1) is 0 Å². The Labute approximate surface area is 121 Å². The van der Waals surface area contributed by atoms with Crippen LogP contribution in [0.2, 0.25) is 0 Å². The largest absolute Gasteiger partial charge is 0.299 e. The van der Waals surface area contributed by atoms with Gasteiger partial charge in [0.05, 0.1) is 0 Å². The highest BCUT2D eigenvalue weighted by Gasteiger charge is 2.24. The Kier molecular flexibility index (Phi) is 4.12. The van der Waals surface area contributed by atoms with Crippen molar-refractivity contribution in [1.82, 2.24) is 9.88 Å². The van der Waals surface area contributed by atoms with Crippen LogP contribution in [0.1, 0.15) is 35.7 Å². The van der Waals surface area contributed by atoms with Crippen LogP contribution in [0, 0.1) is 0 Å². The first-order valence-corrected chi connectivity index (χ1v) is 7.52. The summed E-state index contributed by atoms with van der Waals surface area (Å²) in [5.74, 6) is 0. The topological polar surface area (TPSA) is 16.1 Å². The summed E-state index contributed by atoms with van der Waals surface area (Å²) in [5, 5.41) is 0. The van der Waals surface area contributed by atoms with E-state index in [-0.39, 0.29) is 0 Å². The fourth-order valence-corrected chi connectivity index (χ4v) is 3.17. The molecule has 2 aromatic rings. The summed E-state index contributed by atoms with van der Waals surface area (Å²) in [6, 6.07) is 15.6. The average Bonchev–Trinajstić information content (AvgIpc) is 2.92. The first-order valence-electron chi connectivity index (χ1n) is 7.52. The lowest BCUT2D eigenvalue weighted by atomic mass is 9.98. The van der Waals surface area contributed by atoms with Crippen molar-refractivity contribution in [3.8, 4) is 0 Å². The fraction of sp³-hybridized carbons (Fsp3) is 0.389. The number of rotatable bonds is 4. The Morgan fingerprint density at radius 3 is 2.70 bits per heavy atom. The minimum Gasteiger partial charge on any atom is -0.299 e. The van der Waals surface area contributed by atoms with Gasteiger partial charge in [0.25, 0.3) is 0 Å². The van der Waals surface area contributed by atoms with E-state index in [9.17, 15) is 0 Å². The molecular formula is C18H22N2. The number of likely N-dealkylation sites (tertiary alicyclic amines) is 1. The summed E-state index contributed by atoms with van der Waals surface area (Å²) in [5.41, 5.74) is 4.10. The zero-order valence-corrected chi connectivity index (χ0v) is 12.1. The Morgan fingerprint density at radius 1 is 1.10 bits per heavy atom. The third-order valence-electron chi connectivity index (χ3n) is 4.30. The molecule has 1 aromatic heterocycles. The second kappa shape index (κ2) is 6.19. The second-order valence-corrected chi connectivity index (χ2v) is 5.66. The van der Waals surface area contributed by atoms with Gasteiger partial charge in [-0.3, -0.25) is 9.88 Å². The third kappa shape index (κ3) is 2.91. The number of hydrogen-bond donors (Lipinski definition) is 0. The highest BCUT2D eigenvalue weighted by molar-refractivity contribution is 5.26. The number of pyridine rings is 1. The molecule has 1 aliphatic heterocycles. The van der Waals surface area contributed by atoms with Gasteiger partial charge in [-0.25, -0.2) is 0 Å². The van der Waals surface area contributed by atoms with Gasteiger partial charge in [0.1, 0.15) is 0 Å². The van der Waals surface area contributed by atoms with Crippen LogP contribution in [0.15, 0.2) is 48.7 Å². The van der Waals surface area contributed by atoms with Gasteiger partial charge in [0.2, 0.25) is 0 Å². The van der Waals surface area contributed by atoms with Gasteiger partial charge in [-0.2, -0.15) is 0 Å². The van der Waals surface area contributed by atoms with E-state index in [1.807, 2.05) is 6.20 Å².